The monoisotopic (exact) mass is 475 g/mol. The fourth-order valence-electron chi connectivity index (χ4n) is 4.20. The number of amides is 1. The van der Waals surface area contributed by atoms with Gasteiger partial charge in [-0.25, -0.2) is 4.68 Å². The first-order chi connectivity index (χ1) is 16.0. The van der Waals surface area contributed by atoms with Gasteiger partial charge in [-0.3, -0.25) is 9.69 Å². The molecule has 33 heavy (non-hydrogen) atoms. The van der Waals surface area contributed by atoms with Gasteiger partial charge in [-0.2, -0.15) is 5.10 Å². The van der Waals surface area contributed by atoms with Crippen molar-refractivity contribution in [2.24, 2.45) is 0 Å². The van der Waals surface area contributed by atoms with Crippen molar-refractivity contribution in [3.05, 3.63) is 76.3 Å². The Morgan fingerprint density at radius 1 is 1.21 bits per heavy atom. The van der Waals surface area contributed by atoms with E-state index in [1.54, 1.807) is 4.90 Å². The number of para-hydroxylation sites is 1. The minimum absolute atomic E-state index is 0.0557. The van der Waals surface area contributed by atoms with E-state index in [1.165, 1.54) is 17.3 Å². The summed E-state index contributed by atoms with van der Waals surface area (Å²) >= 11 is 6.89. The standard InChI is InChI=1S/C26H25N3O2S2/c1-17-10-11-18(2)22(13-17)24-19(15-29(27-24)20-7-4-3-5-8-20)14-23-25(30)28(26(32)33-23)16-21-9-6-12-31-21/h3-5,7-8,10-11,13-15,21H,6,9,12,16H2,1-2H3. The minimum atomic E-state index is -0.0557. The molecule has 1 unspecified atom stereocenters. The van der Waals surface area contributed by atoms with Gasteiger partial charge >= 0.3 is 0 Å². The van der Waals surface area contributed by atoms with Gasteiger partial charge in [0.1, 0.15) is 10.0 Å². The van der Waals surface area contributed by atoms with Gasteiger partial charge in [0.15, 0.2) is 0 Å². The van der Waals surface area contributed by atoms with Crippen LogP contribution in [0.2, 0.25) is 0 Å². The number of benzene rings is 2. The maximum absolute atomic E-state index is 13.2. The smallest absolute Gasteiger partial charge is 0.266 e. The average molecular weight is 476 g/mol. The number of aryl methyl sites for hydroxylation is 2. The summed E-state index contributed by atoms with van der Waals surface area (Å²) in [6.07, 6.45) is 5.99. The molecular weight excluding hydrogens is 450 g/mol. The van der Waals surface area contributed by atoms with Gasteiger partial charge in [0, 0.05) is 23.9 Å². The normalized spacial score (nSPS) is 19.8. The third-order valence-electron chi connectivity index (χ3n) is 5.98. The molecule has 0 N–H and O–H groups in total. The van der Waals surface area contributed by atoms with Gasteiger partial charge in [0.2, 0.25) is 0 Å². The number of rotatable bonds is 5. The molecule has 0 radical (unpaired) electrons. The topological polar surface area (TPSA) is 47.4 Å². The summed E-state index contributed by atoms with van der Waals surface area (Å²) in [6.45, 7) is 5.44. The van der Waals surface area contributed by atoms with Crippen molar-refractivity contribution in [1.82, 2.24) is 14.7 Å². The summed E-state index contributed by atoms with van der Waals surface area (Å²) in [7, 11) is 0. The molecule has 168 valence electrons. The largest absolute Gasteiger partial charge is 0.376 e. The van der Waals surface area contributed by atoms with Crippen molar-refractivity contribution < 1.29 is 9.53 Å². The molecule has 1 atom stereocenters. The molecular formula is C26H25N3O2S2. The molecule has 2 aliphatic heterocycles. The Balaban J connectivity index is 1.55. The second kappa shape index (κ2) is 9.25. The second-order valence-corrected chi connectivity index (χ2v) is 10.1. The third kappa shape index (κ3) is 4.53. The first kappa shape index (κ1) is 22.1. The quantitative estimate of drug-likeness (QED) is 0.358. The number of nitrogens with zero attached hydrogens (tertiary/aromatic N) is 3. The third-order valence-corrected chi connectivity index (χ3v) is 7.36. The van der Waals surface area contributed by atoms with Gasteiger partial charge < -0.3 is 4.74 Å². The fraction of sp³-hybridized carbons (Fsp3) is 0.269. The van der Waals surface area contributed by atoms with Crippen LogP contribution in [-0.2, 0) is 9.53 Å². The van der Waals surface area contributed by atoms with Gasteiger partial charge in [-0.15, -0.1) is 0 Å². The van der Waals surface area contributed by atoms with Gasteiger partial charge in [-0.05, 0) is 56.5 Å². The predicted octanol–water partition coefficient (Wildman–Crippen LogP) is 5.54. The van der Waals surface area contributed by atoms with Crippen molar-refractivity contribution >= 4 is 40.3 Å². The number of ether oxygens (including phenoxy) is 1. The number of hydrogen-bond acceptors (Lipinski definition) is 5. The van der Waals surface area contributed by atoms with Crippen molar-refractivity contribution in [1.29, 1.82) is 0 Å². The van der Waals surface area contributed by atoms with Crippen molar-refractivity contribution in [2.45, 2.75) is 32.8 Å². The molecule has 1 aromatic heterocycles. The Kier molecular flexibility index (Phi) is 6.19. The Morgan fingerprint density at radius 3 is 2.79 bits per heavy atom. The van der Waals surface area contributed by atoms with Crippen LogP contribution in [0.3, 0.4) is 0 Å². The maximum atomic E-state index is 13.2. The summed E-state index contributed by atoms with van der Waals surface area (Å²) in [5, 5.41) is 4.93. The highest BCUT2D eigenvalue weighted by Gasteiger charge is 2.35. The molecule has 0 spiro atoms. The first-order valence-corrected chi connectivity index (χ1v) is 12.3. The van der Waals surface area contributed by atoms with E-state index in [2.05, 4.69) is 32.0 Å². The van der Waals surface area contributed by atoms with E-state index in [0.717, 1.165) is 47.5 Å². The molecule has 2 fully saturated rings. The van der Waals surface area contributed by atoms with Gasteiger partial charge in [-0.1, -0.05) is 59.9 Å². The lowest BCUT2D eigenvalue weighted by Crippen LogP contribution is -2.35. The zero-order valence-corrected chi connectivity index (χ0v) is 20.3. The lowest BCUT2D eigenvalue weighted by molar-refractivity contribution is -0.123. The number of thiocarbonyl (C=S) groups is 1. The van der Waals surface area contributed by atoms with Crippen LogP contribution in [0.5, 0.6) is 0 Å². The van der Waals surface area contributed by atoms with Crippen LogP contribution in [0.15, 0.2) is 59.6 Å². The molecule has 2 saturated heterocycles. The summed E-state index contributed by atoms with van der Waals surface area (Å²) in [5.41, 5.74) is 6.08. The molecule has 0 aliphatic carbocycles. The Hall–Kier alpha value is -2.74. The Bertz CT molecular complexity index is 1240. The van der Waals surface area contributed by atoms with Crippen molar-refractivity contribution in [3.8, 4) is 16.9 Å². The molecule has 2 aromatic carbocycles. The van der Waals surface area contributed by atoms with Crippen LogP contribution < -0.4 is 0 Å². The molecule has 1 amide bonds. The van der Waals surface area contributed by atoms with E-state index in [0.29, 0.717) is 15.8 Å². The minimum Gasteiger partial charge on any atom is -0.376 e. The predicted molar refractivity (Wildman–Crippen MR) is 137 cm³/mol. The van der Waals surface area contributed by atoms with Crippen LogP contribution in [0.4, 0.5) is 0 Å². The van der Waals surface area contributed by atoms with E-state index < -0.39 is 0 Å². The maximum Gasteiger partial charge on any atom is 0.266 e. The lowest BCUT2D eigenvalue weighted by Gasteiger charge is -2.18. The number of hydrogen-bond donors (Lipinski definition) is 0. The van der Waals surface area contributed by atoms with E-state index in [9.17, 15) is 4.79 Å². The molecule has 7 heteroatoms. The van der Waals surface area contributed by atoms with Gasteiger partial charge in [0.05, 0.1) is 23.2 Å². The summed E-state index contributed by atoms with van der Waals surface area (Å²) in [6, 6.07) is 16.4. The first-order valence-electron chi connectivity index (χ1n) is 11.1. The van der Waals surface area contributed by atoms with E-state index in [-0.39, 0.29) is 12.0 Å². The van der Waals surface area contributed by atoms with Crippen LogP contribution in [0.1, 0.15) is 29.5 Å². The number of carbonyl (C=O) groups excluding carboxylic acids is 1. The highest BCUT2D eigenvalue weighted by atomic mass is 32.2. The van der Waals surface area contributed by atoms with Crippen LogP contribution in [0.25, 0.3) is 23.0 Å². The molecule has 5 nitrogen and oxygen atoms in total. The summed E-state index contributed by atoms with van der Waals surface area (Å²) in [5.74, 6) is -0.0557. The number of carbonyl (C=O) groups is 1. The molecule has 5 rings (SSSR count). The van der Waals surface area contributed by atoms with E-state index in [1.807, 2.05) is 47.3 Å². The molecule has 0 bridgehead atoms. The fourth-order valence-corrected chi connectivity index (χ4v) is 5.46. The molecule has 3 heterocycles. The SMILES string of the molecule is Cc1ccc(C)c(-c2nn(-c3ccccc3)cc2C=C2SC(=S)N(CC3CCCO3)C2=O)c1. The van der Waals surface area contributed by atoms with Gasteiger partial charge in [0.25, 0.3) is 5.91 Å². The lowest BCUT2D eigenvalue weighted by atomic mass is 10.0. The molecule has 3 aromatic rings. The highest BCUT2D eigenvalue weighted by Crippen LogP contribution is 2.36. The Morgan fingerprint density at radius 2 is 2.03 bits per heavy atom. The van der Waals surface area contributed by atoms with E-state index in [4.69, 9.17) is 22.1 Å². The Labute approximate surface area is 203 Å². The number of thioether (sulfide) groups is 1. The molecule has 2 aliphatic rings. The van der Waals surface area contributed by atoms with Crippen LogP contribution >= 0.6 is 24.0 Å². The number of aromatic nitrogens is 2. The van der Waals surface area contributed by atoms with Crippen LogP contribution in [-0.4, -0.2) is 44.2 Å². The average Bonchev–Trinajstić information content (AvgIpc) is 3.54. The highest BCUT2D eigenvalue weighted by molar-refractivity contribution is 8.26. The van der Waals surface area contributed by atoms with Crippen molar-refractivity contribution in [2.75, 3.05) is 13.2 Å². The van der Waals surface area contributed by atoms with Crippen LogP contribution in [0, 0.1) is 13.8 Å². The summed E-state index contributed by atoms with van der Waals surface area (Å²) in [4.78, 5) is 15.5. The van der Waals surface area contributed by atoms with Crippen molar-refractivity contribution in [3.63, 3.8) is 0 Å². The zero-order valence-electron chi connectivity index (χ0n) is 18.7. The van der Waals surface area contributed by atoms with E-state index >= 15 is 0 Å². The zero-order chi connectivity index (χ0) is 22.9. The summed E-state index contributed by atoms with van der Waals surface area (Å²) < 4.78 is 8.18. The molecule has 0 saturated carbocycles. The second-order valence-electron chi connectivity index (χ2n) is 8.46.